The molecule has 0 aromatic rings. The molecule has 9 aliphatic rings. The summed E-state index contributed by atoms with van der Waals surface area (Å²) in [5, 5.41) is 32.7. The van der Waals surface area contributed by atoms with Crippen LogP contribution in [-0.4, -0.2) is 101 Å². The molecule has 16 atom stereocenters. The van der Waals surface area contributed by atoms with Crippen molar-refractivity contribution in [1.82, 2.24) is 42.5 Å². The van der Waals surface area contributed by atoms with Gasteiger partial charge in [0.15, 0.2) is 0 Å². The van der Waals surface area contributed by atoms with E-state index in [4.69, 9.17) is 0 Å². The maximum absolute atomic E-state index is 4.37. The van der Waals surface area contributed by atoms with E-state index in [0.717, 1.165) is 47.3 Å². The van der Waals surface area contributed by atoms with E-state index in [-0.39, 0.29) is 0 Å². The standard InChI is InChI=1S/C32H56N8/c1-5-33-13-21-17(1)25-9-30-22-14-34-6-2-18(22)27(38-30)11-32-24-16-36-8-4-20(24)28(40-32)12-31-23-15-35-7-3-19(23)26(39-31)10-29(21)37-25/h17-40H,1-16H2. The summed E-state index contributed by atoms with van der Waals surface area (Å²) < 4.78 is 0. The monoisotopic (exact) mass is 552 g/mol. The van der Waals surface area contributed by atoms with E-state index in [1.165, 1.54) is 104 Å². The van der Waals surface area contributed by atoms with Crippen molar-refractivity contribution in [2.24, 2.45) is 47.3 Å². The summed E-state index contributed by atoms with van der Waals surface area (Å²) in [5.41, 5.74) is 0. The molecule has 0 aromatic heterocycles. The van der Waals surface area contributed by atoms with Gasteiger partial charge in [-0.15, -0.1) is 0 Å². The van der Waals surface area contributed by atoms with Crippen molar-refractivity contribution >= 4 is 0 Å². The van der Waals surface area contributed by atoms with Crippen LogP contribution in [0.5, 0.6) is 0 Å². The summed E-state index contributed by atoms with van der Waals surface area (Å²) >= 11 is 0. The number of nitrogens with one attached hydrogen (secondary N) is 8. The third-order valence-corrected chi connectivity index (χ3v) is 14.2. The molecule has 0 spiro atoms. The first-order valence-corrected chi connectivity index (χ1v) is 17.7. The first-order chi connectivity index (χ1) is 19.8. The maximum atomic E-state index is 4.37. The summed E-state index contributed by atoms with van der Waals surface area (Å²) in [4.78, 5) is 0. The molecule has 0 aromatic carbocycles. The SMILES string of the molecule is C1CC2C3CC4NC(CC5NC(CC6NC(CC(N3)C2CN1)C1CCNCC61)C1CCNCC51)C1CCNCC41. The van der Waals surface area contributed by atoms with Crippen LogP contribution in [0.2, 0.25) is 0 Å². The highest BCUT2D eigenvalue weighted by atomic mass is 15.1. The van der Waals surface area contributed by atoms with E-state index in [0.29, 0.717) is 48.3 Å². The molecule has 0 amide bonds. The topological polar surface area (TPSA) is 96.2 Å². The van der Waals surface area contributed by atoms with Crippen LogP contribution in [-0.2, 0) is 0 Å². The summed E-state index contributed by atoms with van der Waals surface area (Å²) in [5.74, 6) is 6.64. The molecular formula is C32H56N8. The fraction of sp³-hybridized carbons (Fsp3) is 1.00. The third kappa shape index (κ3) is 4.37. The molecule has 8 N–H and O–H groups in total. The van der Waals surface area contributed by atoms with Crippen LogP contribution < -0.4 is 42.5 Å². The van der Waals surface area contributed by atoms with Crippen molar-refractivity contribution in [3.05, 3.63) is 0 Å². The van der Waals surface area contributed by atoms with E-state index in [1.807, 2.05) is 0 Å². The van der Waals surface area contributed by atoms with Crippen LogP contribution in [0.4, 0.5) is 0 Å². The molecule has 40 heavy (non-hydrogen) atoms. The van der Waals surface area contributed by atoms with Gasteiger partial charge in [-0.3, -0.25) is 0 Å². The lowest BCUT2D eigenvalue weighted by molar-refractivity contribution is 0.208. The molecule has 8 nitrogen and oxygen atoms in total. The largest absolute Gasteiger partial charge is 0.316 e. The first-order valence-electron chi connectivity index (χ1n) is 17.7. The van der Waals surface area contributed by atoms with E-state index in [2.05, 4.69) is 42.5 Å². The molecule has 0 saturated carbocycles. The van der Waals surface area contributed by atoms with Gasteiger partial charge in [-0.25, -0.2) is 0 Å². The zero-order valence-corrected chi connectivity index (χ0v) is 24.6. The zero-order chi connectivity index (χ0) is 26.2. The van der Waals surface area contributed by atoms with Gasteiger partial charge in [0.25, 0.3) is 0 Å². The van der Waals surface area contributed by atoms with Crippen LogP contribution in [0.15, 0.2) is 0 Å². The van der Waals surface area contributed by atoms with E-state index in [9.17, 15) is 0 Å². The summed E-state index contributed by atoms with van der Waals surface area (Å²) in [7, 11) is 0. The lowest BCUT2D eigenvalue weighted by Gasteiger charge is -2.35. The Morgan fingerprint density at radius 3 is 0.750 bits per heavy atom. The van der Waals surface area contributed by atoms with Crippen LogP contribution in [0, 0.1) is 47.3 Å². The average Bonchev–Trinajstić information content (AvgIpc) is 3.73. The molecular weight excluding hydrogens is 496 g/mol. The molecule has 9 saturated heterocycles. The number of fused-ring (bicyclic) bond motifs is 20. The fourth-order valence-electron chi connectivity index (χ4n) is 12.5. The lowest BCUT2D eigenvalue weighted by atomic mass is 9.74. The molecule has 9 fully saturated rings. The van der Waals surface area contributed by atoms with Crippen molar-refractivity contribution in [2.75, 3.05) is 52.4 Å². The van der Waals surface area contributed by atoms with E-state index >= 15 is 0 Å². The van der Waals surface area contributed by atoms with Crippen molar-refractivity contribution in [3.63, 3.8) is 0 Å². The number of piperidine rings is 4. The number of rotatable bonds is 0. The molecule has 0 aliphatic carbocycles. The van der Waals surface area contributed by atoms with Gasteiger partial charge in [0.1, 0.15) is 0 Å². The Hall–Kier alpha value is -0.320. The van der Waals surface area contributed by atoms with Crippen molar-refractivity contribution in [2.45, 2.75) is 99.7 Å². The minimum absolute atomic E-state index is 0.669. The normalized spacial score (nSPS) is 57.6. The maximum Gasteiger partial charge on any atom is 0.0128 e. The molecule has 9 rings (SSSR count). The Balaban J connectivity index is 1.05. The zero-order valence-electron chi connectivity index (χ0n) is 24.6. The van der Waals surface area contributed by atoms with Gasteiger partial charge < -0.3 is 42.5 Å². The minimum atomic E-state index is 0.669. The second-order valence-corrected chi connectivity index (χ2v) is 15.7. The highest BCUT2D eigenvalue weighted by molar-refractivity contribution is 5.12. The van der Waals surface area contributed by atoms with Gasteiger partial charge in [-0.2, -0.15) is 0 Å². The molecule has 8 heteroatoms. The van der Waals surface area contributed by atoms with Gasteiger partial charge in [0.2, 0.25) is 0 Å². The Bertz CT molecular complexity index is 709. The molecule has 16 unspecified atom stereocenters. The third-order valence-electron chi connectivity index (χ3n) is 14.2. The summed E-state index contributed by atoms with van der Waals surface area (Å²) in [6.07, 6.45) is 10.8. The predicted octanol–water partition coefficient (Wildman–Crippen LogP) is -0.175. The Morgan fingerprint density at radius 2 is 0.500 bits per heavy atom. The Kier molecular flexibility index (Phi) is 6.98. The van der Waals surface area contributed by atoms with Gasteiger partial charge in [0.05, 0.1) is 0 Å². The number of hydrogen-bond acceptors (Lipinski definition) is 8. The predicted molar refractivity (Wildman–Crippen MR) is 159 cm³/mol. The van der Waals surface area contributed by atoms with Gasteiger partial charge in [-0.05, 0) is 151 Å². The highest BCUT2D eigenvalue weighted by Gasteiger charge is 2.54. The quantitative estimate of drug-likeness (QED) is 0.210. The van der Waals surface area contributed by atoms with Gasteiger partial charge >= 0.3 is 0 Å². The van der Waals surface area contributed by atoms with Crippen molar-refractivity contribution in [3.8, 4) is 0 Å². The molecule has 9 heterocycles. The second-order valence-electron chi connectivity index (χ2n) is 15.7. The van der Waals surface area contributed by atoms with Crippen LogP contribution in [0.3, 0.4) is 0 Å². The van der Waals surface area contributed by atoms with Crippen LogP contribution in [0.25, 0.3) is 0 Å². The second kappa shape index (κ2) is 10.7. The Morgan fingerprint density at radius 1 is 0.275 bits per heavy atom. The van der Waals surface area contributed by atoms with Gasteiger partial charge in [-0.1, -0.05) is 0 Å². The minimum Gasteiger partial charge on any atom is -0.316 e. The highest BCUT2D eigenvalue weighted by Crippen LogP contribution is 2.46. The fourth-order valence-corrected chi connectivity index (χ4v) is 12.5. The Labute approximate surface area is 241 Å². The number of hydrogen-bond donors (Lipinski definition) is 8. The van der Waals surface area contributed by atoms with E-state index in [1.54, 1.807) is 0 Å². The smallest absolute Gasteiger partial charge is 0.0128 e. The molecule has 0 radical (unpaired) electrons. The average molecular weight is 553 g/mol. The summed E-state index contributed by atoms with van der Waals surface area (Å²) in [6, 6.07) is 5.42. The lowest BCUT2D eigenvalue weighted by Crippen LogP contribution is -2.46. The summed E-state index contributed by atoms with van der Waals surface area (Å²) in [6.45, 7) is 9.76. The van der Waals surface area contributed by atoms with Crippen molar-refractivity contribution in [1.29, 1.82) is 0 Å². The molecule has 224 valence electrons. The first kappa shape index (κ1) is 26.1. The molecule has 8 bridgehead atoms. The van der Waals surface area contributed by atoms with Gasteiger partial charge in [0, 0.05) is 48.3 Å². The van der Waals surface area contributed by atoms with Crippen molar-refractivity contribution < 1.29 is 0 Å². The van der Waals surface area contributed by atoms with Crippen LogP contribution in [0.1, 0.15) is 51.4 Å². The molecule has 9 aliphatic heterocycles. The van der Waals surface area contributed by atoms with Crippen LogP contribution >= 0.6 is 0 Å². The van der Waals surface area contributed by atoms with E-state index < -0.39 is 0 Å².